The van der Waals surface area contributed by atoms with Gasteiger partial charge >= 0.3 is 11.9 Å². The van der Waals surface area contributed by atoms with E-state index >= 15 is 0 Å². The van der Waals surface area contributed by atoms with Crippen LogP contribution in [0.25, 0.3) is 0 Å². The fraction of sp³-hybridized carbons (Fsp3) is 0.938. The maximum atomic E-state index is 14.3. The average molecular weight is 533 g/mol. The van der Waals surface area contributed by atoms with Crippen LogP contribution in [0, 0.1) is 29.1 Å². The molecule has 0 atom stereocenters. The fourth-order valence-corrected chi connectivity index (χ4v) is 10.2. The molecule has 0 aromatic carbocycles. The Kier molecular flexibility index (Phi) is 10.2. The van der Waals surface area contributed by atoms with Crippen molar-refractivity contribution >= 4 is 11.9 Å². The number of carboxylic acids is 2. The molecule has 0 aromatic rings. The number of carboxylic acid groups (broad SMARTS) is 2. The summed E-state index contributed by atoms with van der Waals surface area (Å²) in [6.07, 6.45) is 22.0. The van der Waals surface area contributed by atoms with E-state index in [9.17, 15) is 19.8 Å². The minimum absolute atomic E-state index is 0.0220. The van der Waals surface area contributed by atoms with Crippen LogP contribution in [0.5, 0.6) is 0 Å². The number of hydrogen-bond acceptors (Lipinski definition) is 4. The first kappa shape index (κ1) is 29.8. The number of nitrogens with two attached hydrogens (primary N) is 2. The molecule has 0 radical (unpaired) electrons. The van der Waals surface area contributed by atoms with Crippen molar-refractivity contribution in [3.8, 4) is 0 Å². The zero-order valence-corrected chi connectivity index (χ0v) is 23.9. The van der Waals surface area contributed by atoms with Crippen LogP contribution in [0.4, 0.5) is 0 Å². The van der Waals surface area contributed by atoms with Gasteiger partial charge in [0.1, 0.15) is 5.41 Å². The molecule has 0 aromatic heterocycles. The van der Waals surface area contributed by atoms with Crippen LogP contribution >= 0.6 is 0 Å². The van der Waals surface area contributed by atoms with Crippen LogP contribution in [0.15, 0.2) is 0 Å². The van der Waals surface area contributed by atoms with Gasteiger partial charge in [-0.15, -0.1) is 0 Å². The molecule has 4 aliphatic carbocycles. The van der Waals surface area contributed by atoms with E-state index in [0.29, 0.717) is 12.8 Å². The van der Waals surface area contributed by atoms with Crippen molar-refractivity contribution in [2.75, 3.05) is 0 Å². The highest BCUT2D eigenvalue weighted by molar-refractivity contribution is 5.80. The maximum Gasteiger partial charge on any atom is 0.313 e. The molecule has 0 aliphatic heterocycles. The van der Waals surface area contributed by atoms with Gasteiger partial charge in [0, 0.05) is 17.5 Å². The van der Waals surface area contributed by atoms with Crippen molar-refractivity contribution in [1.82, 2.24) is 0 Å². The monoisotopic (exact) mass is 532 g/mol. The maximum absolute atomic E-state index is 14.3. The summed E-state index contributed by atoms with van der Waals surface area (Å²) in [4.78, 5) is 26.0. The van der Waals surface area contributed by atoms with Crippen molar-refractivity contribution in [2.24, 2.45) is 40.6 Å². The molecule has 0 bridgehead atoms. The predicted molar refractivity (Wildman–Crippen MR) is 152 cm³/mol. The Morgan fingerprint density at radius 3 is 1.08 bits per heavy atom. The van der Waals surface area contributed by atoms with E-state index in [-0.39, 0.29) is 30.1 Å². The van der Waals surface area contributed by atoms with Crippen molar-refractivity contribution < 1.29 is 19.8 Å². The van der Waals surface area contributed by atoms with Gasteiger partial charge in [-0.05, 0) is 87.9 Å². The molecule has 0 amide bonds. The van der Waals surface area contributed by atoms with Crippen LogP contribution < -0.4 is 11.5 Å². The lowest BCUT2D eigenvalue weighted by Gasteiger charge is -2.66. The summed E-state index contributed by atoms with van der Waals surface area (Å²) in [6, 6.07) is 0. The van der Waals surface area contributed by atoms with E-state index in [0.717, 1.165) is 103 Å². The second-order valence-electron chi connectivity index (χ2n) is 13.7. The molecule has 0 saturated heterocycles. The van der Waals surface area contributed by atoms with E-state index in [1.165, 1.54) is 25.7 Å². The molecule has 0 heterocycles. The molecule has 4 fully saturated rings. The van der Waals surface area contributed by atoms with E-state index in [4.69, 9.17) is 11.5 Å². The lowest BCUT2D eigenvalue weighted by atomic mass is 9.41. The zero-order valence-electron chi connectivity index (χ0n) is 23.9. The molecule has 218 valence electrons. The Morgan fingerprint density at radius 1 is 0.553 bits per heavy atom. The van der Waals surface area contributed by atoms with Crippen LogP contribution in [0.3, 0.4) is 0 Å². The third-order valence-electron chi connectivity index (χ3n) is 11.9. The molecular weight excluding hydrogens is 476 g/mol. The third kappa shape index (κ3) is 5.42. The minimum Gasteiger partial charge on any atom is -0.481 e. The van der Waals surface area contributed by atoms with Gasteiger partial charge in [-0.1, -0.05) is 77.0 Å². The lowest BCUT2D eigenvalue weighted by Crippen LogP contribution is -2.81. The largest absolute Gasteiger partial charge is 0.481 e. The highest BCUT2D eigenvalue weighted by Crippen LogP contribution is 2.62. The van der Waals surface area contributed by atoms with Gasteiger partial charge in [0.15, 0.2) is 0 Å². The molecule has 0 spiro atoms. The summed E-state index contributed by atoms with van der Waals surface area (Å²) in [5.41, 5.74) is 12.7. The van der Waals surface area contributed by atoms with Crippen molar-refractivity contribution in [3.63, 3.8) is 0 Å². The molecule has 6 nitrogen and oxygen atoms in total. The summed E-state index contributed by atoms with van der Waals surface area (Å²) in [5, 5.41) is 21.3. The summed E-state index contributed by atoms with van der Waals surface area (Å²) < 4.78 is 0. The van der Waals surface area contributed by atoms with E-state index in [1.807, 2.05) is 0 Å². The number of aliphatic carboxylic acids is 2. The summed E-state index contributed by atoms with van der Waals surface area (Å²) in [7, 11) is 0. The molecule has 4 saturated carbocycles. The molecule has 6 heteroatoms. The van der Waals surface area contributed by atoms with Crippen molar-refractivity contribution in [1.29, 1.82) is 0 Å². The van der Waals surface area contributed by atoms with E-state index in [2.05, 4.69) is 0 Å². The highest BCUT2D eigenvalue weighted by atomic mass is 16.4. The van der Waals surface area contributed by atoms with Crippen LogP contribution in [-0.2, 0) is 9.59 Å². The van der Waals surface area contributed by atoms with Gasteiger partial charge in [-0.3, -0.25) is 9.59 Å². The molecule has 38 heavy (non-hydrogen) atoms. The Hall–Kier alpha value is -1.14. The normalized spacial score (nSPS) is 24.4. The first-order chi connectivity index (χ1) is 18.3. The third-order valence-corrected chi connectivity index (χ3v) is 11.9. The Labute approximate surface area is 231 Å². The second kappa shape index (κ2) is 13.0. The SMILES string of the molecule is NC(C1CCCCC1)(C1CCCCC1)C(CCCC(=O)O)(C(=O)O)C(N)(C1CCCCC1)C1CCCCC1. The summed E-state index contributed by atoms with van der Waals surface area (Å²) in [6.45, 7) is 0. The Morgan fingerprint density at radius 2 is 0.842 bits per heavy atom. The smallest absolute Gasteiger partial charge is 0.313 e. The number of hydrogen-bond donors (Lipinski definition) is 4. The summed E-state index contributed by atoms with van der Waals surface area (Å²) >= 11 is 0. The Balaban J connectivity index is 1.95. The van der Waals surface area contributed by atoms with Crippen molar-refractivity contribution in [3.05, 3.63) is 0 Å². The fourth-order valence-electron chi connectivity index (χ4n) is 10.2. The zero-order chi connectivity index (χ0) is 27.2. The lowest BCUT2D eigenvalue weighted by molar-refractivity contribution is -0.184. The van der Waals surface area contributed by atoms with Gasteiger partial charge < -0.3 is 21.7 Å². The molecular formula is C32H56N2O4. The van der Waals surface area contributed by atoms with Crippen LogP contribution in [0.2, 0.25) is 0 Å². The van der Waals surface area contributed by atoms with Gasteiger partial charge in [-0.2, -0.15) is 0 Å². The van der Waals surface area contributed by atoms with Crippen LogP contribution in [-0.4, -0.2) is 33.2 Å². The highest BCUT2D eigenvalue weighted by Gasteiger charge is 2.71. The molecule has 4 aliphatic rings. The standard InChI is InChI=1S/C32H56N2O4/c33-31(24-14-5-1-6-15-24,25-16-7-2-8-17-25)30(29(37)38,23-13-22-28(35)36)32(34,26-18-9-3-10-19-26)27-20-11-4-12-21-27/h24-27H,1-23,33-34H2,(H,35,36)(H,37,38). The van der Waals surface area contributed by atoms with Crippen LogP contribution in [0.1, 0.15) is 148 Å². The predicted octanol–water partition coefficient (Wildman–Crippen LogP) is 7.03. The quantitative estimate of drug-likeness (QED) is 0.226. The van der Waals surface area contributed by atoms with Gasteiger partial charge in [0.2, 0.25) is 0 Å². The molecule has 0 unspecified atom stereocenters. The Bertz CT molecular complexity index is 692. The van der Waals surface area contributed by atoms with Gasteiger partial charge in [-0.25, -0.2) is 0 Å². The summed E-state index contributed by atoms with van der Waals surface area (Å²) in [5.74, 6) is -1.14. The van der Waals surface area contributed by atoms with E-state index < -0.39 is 28.4 Å². The average Bonchev–Trinajstić information content (AvgIpc) is 2.96. The number of rotatable bonds is 11. The number of carbonyl (C=O) groups is 2. The first-order valence-electron chi connectivity index (χ1n) is 16.3. The van der Waals surface area contributed by atoms with Gasteiger partial charge in [0.05, 0.1) is 0 Å². The van der Waals surface area contributed by atoms with E-state index in [1.54, 1.807) is 0 Å². The molecule has 6 N–H and O–H groups in total. The first-order valence-corrected chi connectivity index (χ1v) is 16.3. The van der Waals surface area contributed by atoms with Gasteiger partial charge in [0.25, 0.3) is 0 Å². The van der Waals surface area contributed by atoms with Crippen molar-refractivity contribution in [2.45, 2.75) is 159 Å². The topological polar surface area (TPSA) is 127 Å². The second-order valence-corrected chi connectivity index (χ2v) is 13.7. The minimum atomic E-state index is -1.32. The molecule has 4 rings (SSSR count).